The molecule has 1 unspecified atom stereocenters. The third kappa shape index (κ3) is 2.74. The van der Waals surface area contributed by atoms with Gasteiger partial charge in [0.15, 0.2) is 0 Å². The number of esters is 1. The maximum Gasteiger partial charge on any atom is 0.339 e. The highest BCUT2D eigenvalue weighted by Crippen LogP contribution is 2.26. The number of carbonyl (C=O) groups excluding carboxylic acids is 1. The monoisotopic (exact) mass is 234 g/mol. The van der Waals surface area contributed by atoms with E-state index in [-0.39, 0.29) is 5.88 Å². The molecule has 0 radical (unpaired) electrons. The summed E-state index contributed by atoms with van der Waals surface area (Å²) in [5.41, 5.74) is 0. The Bertz CT molecular complexity index is 115. The van der Waals surface area contributed by atoms with Gasteiger partial charge in [-0.3, -0.25) is 0 Å². The Morgan fingerprint density at radius 2 is 2.33 bits per heavy atom. The van der Waals surface area contributed by atoms with Gasteiger partial charge in [-0.2, -0.15) is 0 Å². The Labute approximate surface area is 71.6 Å². The summed E-state index contributed by atoms with van der Waals surface area (Å²) in [4.78, 5) is 10.6. The molecule has 5 heteroatoms. The standard InChI is InChI=1S/C4H5BrCl2O2/c1-9-3(8)4(5,7)2-6/h2H2,1H3. The number of ether oxygens (including phenoxy) is 1. The zero-order chi connectivity index (χ0) is 7.49. The molecule has 0 aliphatic heterocycles. The van der Waals surface area contributed by atoms with Gasteiger partial charge in [0.1, 0.15) is 0 Å². The molecule has 0 saturated heterocycles. The molecule has 0 aromatic carbocycles. The van der Waals surface area contributed by atoms with Crippen molar-refractivity contribution in [3.8, 4) is 0 Å². The summed E-state index contributed by atoms with van der Waals surface area (Å²) in [5.74, 6) is -0.611. The molecule has 1 atom stereocenters. The van der Waals surface area contributed by atoms with Gasteiger partial charge in [0.2, 0.25) is 3.78 Å². The van der Waals surface area contributed by atoms with Gasteiger partial charge in [0.25, 0.3) is 0 Å². The van der Waals surface area contributed by atoms with Gasteiger partial charge in [-0.25, -0.2) is 4.79 Å². The summed E-state index contributed by atoms with van der Waals surface area (Å²) in [6.45, 7) is 0. The van der Waals surface area contributed by atoms with E-state index >= 15 is 0 Å². The summed E-state index contributed by atoms with van der Waals surface area (Å²) in [6.07, 6.45) is 0. The van der Waals surface area contributed by atoms with Crippen LogP contribution in [0.4, 0.5) is 0 Å². The lowest BCUT2D eigenvalue weighted by molar-refractivity contribution is -0.140. The maximum absolute atomic E-state index is 10.6. The molecule has 0 spiro atoms. The quantitative estimate of drug-likeness (QED) is 0.539. The van der Waals surface area contributed by atoms with Crippen LogP contribution in [-0.2, 0) is 9.53 Å². The average molecular weight is 236 g/mol. The molecule has 0 amide bonds. The topological polar surface area (TPSA) is 26.3 Å². The molecule has 0 aromatic heterocycles. The van der Waals surface area contributed by atoms with E-state index in [0.717, 1.165) is 0 Å². The molecule has 0 fully saturated rings. The minimum atomic E-state index is -1.26. The summed E-state index contributed by atoms with van der Waals surface area (Å²) in [6, 6.07) is 0. The molecule has 0 saturated carbocycles. The Hall–Kier alpha value is 0.530. The molecular weight excluding hydrogens is 231 g/mol. The fraction of sp³-hybridized carbons (Fsp3) is 0.750. The Kier molecular flexibility index (Phi) is 3.85. The first-order valence-corrected chi connectivity index (χ1v) is 3.77. The minimum absolute atomic E-state index is 0.0266. The minimum Gasteiger partial charge on any atom is -0.467 e. The van der Waals surface area contributed by atoms with Gasteiger partial charge in [0.05, 0.1) is 13.0 Å². The molecule has 0 heterocycles. The molecule has 0 rings (SSSR count). The fourth-order valence-electron chi connectivity index (χ4n) is 0.204. The SMILES string of the molecule is COC(=O)C(Cl)(Br)CCl. The van der Waals surface area contributed by atoms with E-state index in [1.807, 2.05) is 0 Å². The van der Waals surface area contributed by atoms with Crippen molar-refractivity contribution in [2.75, 3.05) is 13.0 Å². The van der Waals surface area contributed by atoms with E-state index in [1.54, 1.807) is 0 Å². The molecule has 0 aliphatic carbocycles. The van der Waals surface area contributed by atoms with E-state index in [2.05, 4.69) is 20.7 Å². The van der Waals surface area contributed by atoms with E-state index in [9.17, 15) is 4.79 Å². The second kappa shape index (κ2) is 3.64. The average Bonchev–Trinajstić information content (AvgIpc) is 1.86. The third-order valence-corrected chi connectivity index (χ3v) is 2.40. The number of methoxy groups -OCH3 is 1. The van der Waals surface area contributed by atoms with Crippen molar-refractivity contribution in [3.63, 3.8) is 0 Å². The lowest BCUT2D eigenvalue weighted by atomic mass is 10.5. The highest BCUT2D eigenvalue weighted by molar-refractivity contribution is 9.10. The number of hydrogen-bond acceptors (Lipinski definition) is 2. The third-order valence-electron chi connectivity index (χ3n) is 0.652. The number of halogens is 3. The molecule has 2 nitrogen and oxygen atoms in total. The van der Waals surface area contributed by atoms with Crippen LogP contribution in [0.2, 0.25) is 0 Å². The smallest absolute Gasteiger partial charge is 0.339 e. The van der Waals surface area contributed by atoms with Crippen molar-refractivity contribution >= 4 is 45.1 Å². The van der Waals surface area contributed by atoms with Crippen LogP contribution in [0.25, 0.3) is 0 Å². The predicted octanol–water partition coefficient (Wildman–Crippen LogP) is 1.73. The Balaban J connectivity index is 3.97. The van der Waals surface area contributed by atoms with Crippen LogP contribution in [0.3, 0.4) is 0 Å². The lowest BCUT2D eigenvalue weighted by Gasteiger charge is -2.11. The lowest BCUT2D eigenvalue weighted by Crippen LogP contribution is -2.28. The first kappa shape index (κ1) is 9.53. The molecule has 54 valence electrons. The Morgan fingerprint density at radius 3 is 2.44 bits per heavy atom. The van der Waals surface area contributed by atoms with E-state index in [4.69, 9.17) is 23.2 Å². The van der Waals surface area contributed by atoms with Gasteiger partial charge in [-0.05, 0) is 0 Å². The number of alkyl halides is 3. The molecular formula is C4H5BrCl2O2. The van der Waals surface area contributed by atoms with Gasteiger partial charge < -0.3 is 4.74 Å². The number of carbonyl (C=O) groups is 1. The van der Waals surface area contributed by atoms with E-state index in [1.165, 1.54) is 7.11 Å². The van der Waals surface area contributed by atoms with Gasteiger partial charge in [0, 0.05) is 0 Å². The predicted molar refractivity (Wildman–Crippen MR) is 40.2 cm³/mol. The van der Waals surface area contributed by atoms with Crippen molar-refractivity contribution in [2.24, 2.45) is 0 Å². The van der Waals surface area contributed by atoms with Crippen LogP contribution in [0.1, 0.15) is 0 Å². The van der Waals surface area contributed by atoms with Crippen LogP contribution >= 0.6 is 39.1 Å². The van der Waals surface area contributed by atoms with Crippen LogP contribution in [-0.4, -0.2) is 22.7 Å². The first-order valence-electron chi connectivity index (χ1n) is 2.07. The van der Waals surface area contributed by atoms with Crippen molar-refractivity contribution in [2.45, 2.75) is 3.78 Å². The summed E-state index contributed by atoms with van der Waals surface area (Å²) in [7, 11) is 1.24. The van der Waals surface area contributed by atoms with Crippen LogP contribution in [0, 0.1) is 0 Å². The largest absolute Gasteiger partial charge is 0.467 e. The van der Waals surface area contributed by atoms with Crippen molar-refractivity contribution < 1.29 is 9.53 Å². The van der Waals surface area contributed by atoms with E-state index in [0.29, 0.717) is 0 Å². The molecule has 0 aliphatic rings. The van der Waals surface area contributed by atoms with Gasteiger partial charge in [-0.15, -0.1) is 11.6 Å². The van der Waals surface area contributed by atoms with Crippen molar-refractivity contribution in [1.29, 1.82) is 0 Å². The highest BCUT2D eigenvalue weighted by Gasteiger charge is 2.32. The first-order chi connectivity index (χ1) is 4.04. The summed E-state index contributed by atoms with van der Waals surface area (Å²) in [5, 5.41) is 0. The second-order valence-electron chi connectivity index (χ2n) is 1.33. The van der Waals surface area contributed by atoms with Crippen molar-refractivity contribution in [1.82, 2.24) is 0 Å². The zero-order valence-electron chi connectivity index (χ0n) is 4.66. The van der Waals surface area contributed by atoms with E-state index < -0.39 is 9.75 Å². The fourth-order valence-corrected chi connectivity index (χ4v) is 0.552. The molecule has 0 N–H and O–H groups in total. The normalized spacial score (nSPS) is 16.4. The van der Waals surface area contributed by atoms with Gasteiger partial charge in [-0.1, -0.05) is 27.5 Å². The highest BCUT2D eigenvalue weighted by atomic mass is 79.9. The van der Waals surface area contributed by atoms with Crippen LogP contribution < -0.4 is 0 Å². The number of rotatable bonds is 2. The second-order valence-corrected chi connectivity index (χ2v) is 4.05. The molecule has 9 heavy (non-hydrogen) atoms. The number of hydrogen-bond donors (Lipinski definition) is 0. The molecule has 0 aromatic rings. The summed E-state index contributed by atoms with van der Waals surface area (Å²) >= 11 is 13.6. The van der Waals surface area contributed by atoms with Crippen LogP contribution in [0.5, 0.6) is 0 Å². The van der Waals surface area contributed by atoms with Crippen LogP contribution in [0.15, 0.2) is 0 Å². The maximum atomic E-state index is 10.6. The molecule has 0 bridgehead atoms. The zero-order valence-corrected chi connectivity index (χ0v) is 7.76. The van der Waals surface area contributed by atoms with Crippen molar-refractivity contribution in [3.05, 3.63) is 0 Å². The van der Waals surface area contributed by atoms with Gasteiger partial charge >= 0.3 is 5.97 Å². The summed E-state index contributed by atoms with van der Waals surface area (Å²) < 4.78 is 3.04. The Morgan fingerprint density at radius 1 is 1.89 bits per heavy atom.